The van der Waals surface area contributed by atoms with E-state index in [9.17, 15) is 12.8 Å². The van der Waals surface area contributed by atoms with E-state index in [1.807, 2.05) is 20.8 Å². The number of aromatic nitrogens is 2. The van der Waals surface area contributed by atoms with E-state index in [0.717, 1.165) is 27.4 Å². The Kier molecular flexibility index (Phi) is 6.81. The molecular formula is C18H24FN3O2S. The summed E-state index contributed by atoms with van der Waals surface area (Å²) in [6.45, 7) is 11.8. The van der Waals surface area contributed by atoms with Gasteiger partial charge in [-0.05, 0) is 42.7 Å². The molecule has 0 aliphatic rings. The Hall–Kier alpha value is -2.28. The van der Waals surface area contributed by atoms with Crippen molar-refractivity contribution in [2.75, 3.05) is 17.6 Å². The number of anilines is 1. The molecule has 0 aliphatic heterocycles. The highest BCUT2D eigenvalue weighted by molar-refractivity contribution is 7.92. The first-order valence-electron chi connectivity index (χ1n) is 7.69. The number of nitrogens with zero attached hydrogens (tertiary/aromatic N) is 3. The van der Waals surface area contributed by atoms with Crippen LogP contribution in [0.4, 0.5) is 10.3 Å². The summed E-state index contributed by atoms with van der Waals surface area (Å²) in [5.41, 5.74) is 2.95. The Bertz CT molecular complexity index is 834. The minimum Gasteiger partial charge on any atom is -0.241 e. The number of hydrogen-bond donors (Lipinski definition) is 0. The van der Waals surface area contributed by atoms with E-state index in [4.69, 9.17) is 0 Å². The summed E-state index contributed by atoms with van der Waals surface area (Å²) in [6, 6.07) is 5.95. The van der Waals surface area contributed by atoms with Gasteiger partial charge in [-0.25, -0.2) is 27.1 Å². The van der Waals surface area contributed by atoms with E-state index < -0.39 is 10.0 Å². The van der Waals surface area contributed by atoms with Crippen molar-refractivity contribution in [3.8, 4) is 11.3 Å². The predicted octanol–water partition coefficient (Wildman–Crippen LogP) is 3.91. The van der Waals surface area contributed by atoms with Crippen molar-refractivity contribution in [1.82, 2.24) is 9.97 Å². The third-order valence-electron chi connectivity index (χ3n) is 3.62. The van der Waals surface area contributed by atoms with Crippen LogP contribution in [0.1, 0.15) is 31.0 Å². The first-order chi connectivity index (χ1) is 11.6. The number of hydrogen-bond acceptors (Lipinski definition) is 4. The van der Waals surface area contributed by atoms with Crippen molar-refractivity contribution >= 4 is 16.0 Å². The second kappa shape index (κ2) is 8.20. The normalized spacial score (nSPS) is 11.0. The van der Waals surface area contributed by atoms with Gasteiger partial charge in [0.15, 0.2) is 0 Å². The van der Waals surface area contributed by atoms with Crippen molar-refractivity contribution in [2.45, 2.75) is 26.7 Å². The molecule has 0 radical (unpaired) electrons. The van der Waals surface area contributed by atoms with E-state index >= 15 is 0 Å². The van der Waals surface area contributed by atoms with Crippen LogP contribution in [0, 0.1) is 12.7 Å². The molecule has 0 unspecified atom stereocenters. The molecule has 136 valence electrons. The molecule has 5 nitrogen and oxygen atoms in total. The van der Waals surface area contributed by atoms with Gasteiger partial charge in [0.25, 0.3) is 0 Å². The molecule has 1 heterocycles. The van der Waals surface area contributed by atoms with Crippen LogP contribution in [0.25, 0.3) is 11.3 Å². The summed E-state index contributed by atoms with van der Waals surface area (Å²) in [4.78, 5) is 8.80. The van der Waals surface area contributed by atoms with Gasteiger partial charge in [0.2, 0.25) is 16.0 Å². The second-order valence-corrected chi connectivity index (χ2v) is 7.79. The minimum atomic E-state index is -3.47. The fourth-order valence-corrected chi connectivity index (χ4v) is 2.64. The highest BCUT2D eigenvalue weighted by atomic mass is 32.2. The fraction of sp³-hybridized carbons (Fsp3) is 0.333. The molecule has 1 aromatic heterocycles. The lowest BCUT2D eigenvalue weighted by atomic mass is 10.00. The zero-order chi connectivity index (χ0) is 19.4. The van der Waals surface area contributed by atoms with Gasteiger partial charge < -0.3 is 0 Å². The lowest BCUT2D eigenvalue weighted by Crippen LogP contribution is -2.27. The lowest BCUT2D eigenvalue weighted by molar-refractivity contribution is 0.599. The molecule has 0 bridgehead atoms. The molecule has 0 aliphatic carbocycles. The molecular weight excluding hydrogens is 341 g/mol. The second-order valence-electron chi connectivity index (χ2n) is 5.77. The largest absolute Gasteiger partial charge is 0.241 e. The zero-order valence-corrected chi connectivity index (χ0v) is 16.1. The molecule has 0 amide bonds. The summed E-state index contributed by atoms with van der Waals surface area (Å²) in [5.74, 6) is -0.122. The van der Waals surface area contributed by atoms with Crippen LogP contribution < -0.4 is 4.31 Å². The zero-order valence-electron chi connectivity index (χ0n) is 15.2. The van der Waals surface area contributed by atoms with Crippen molar-refractivity contribution in [3.05, 3.63) is 54.5 Å². The SMILES string of the molecule is C=C.Cc1c(-c2ccc(F)cc2)nc(N(C)S(C)(=O)=O)nc1C(C)C. The first kappa shape index (κ1) is 20.8. The highest BCUT2D eigenvalue weighted by Crippen LogP contribution is 2.29. The summed E-state index contributed by atoms with van der Waals surface area (Å²) in [7, 11) is -2.05. The topological polar surface area (TPSA) is 63.2 Å². The van der Waals surface area contributed by atoms with E-state index in [1.165, 1.54) is 19.2 Å². The standard InChI is InChI=1S/C16H20FN3O2S.C2H4/c1-10(2)14-11(3)15(12-6-8-13(17)9-7-12)19-16(18-14)20(4)23(5,21)22;1-2/h6-10H,1-5H3;1-2H2. The van der Waals surface area contributed by atoms with Crippen LogP contribution in [0.5, 0.6) is 0 Å². The lowest BCUT2D eigenvalue weighted by Gasteiger charge is -2.20. The monoisotopic (exact) mass is 365 g/mol. The molecule has 0 spiro atoms. The number of benzene rings is 1. The average Bonchev–Trinajstić information content (AvgIpc) is 2.56. The van der Waals surface area contributed by atoms with Gasteiger partial charge in [0.05, 0.1) is 17.6 Å². The first-order valence-corrected chi connectivity index (χ1v) is 9.54. The molecule has 0 saturated carbocycles. The molecule has 0 saturated heterocycles. The smallest absolute Gasteiger partial charge is 0.239 e. The molecule has 2 aromatic rings. The minimum absolute atomic E-state index is 0.101. The molecule has 0 N–H and O–H groups in total. The van der Waals surface area contributed by atoms with Gasteiger partial charge in [-0.1, -0.05) is 13.8 Å². The van der Waals surface area contributed by atoms with Crippen LogP contribution in [0.3, 0.4) is 0 Å². The van der Waals surface area contributed by atoms with Gasteiger partial charge in [0, 0.05) is 12.6 Å². The van der Waals surface area contributed by atoms with Crippen molar-refractivity contribution in [2.24, 2.45) is 0 Å². The summed E-state index contributed by atoms with van der Waals surface area (Å²) in [6.07, 6.45) is 1.10. The third kappa shape index (κ3) is 4.85. The van der Waals surface area contributed by atoms with Crippen molar-refractivity contribution in [3.63, 3.8) is 0 Å². The summed E-state index contributed by atoms with van der Waals surface area (Å²) < 4.78 is 37.8. The van der Waals surface area contributed by atoms with E-state index in [1.54, 1.807) is 12.1 Å². The molecule has 0 atom stereocenters. The van der Waals surface area contributed by atoms with Crippen LogP contribution >= 0.6 is 0 Å². The van der Waals surface area contributed by atoms with Gasteiger partial charge in [-0.2, -0.15) is 0 Å². The van der Waals surface area contributed by atoms with E-state index in [2.05, 4.69) is 23.1 Å². The Morgan fingerprint density at radius 3 is 2.08 bits per heavy atom. The Morgan fingerprint density at radius 1 is 1.12 bits per heavy atom. The molecule has 2 rings (SSSR count). The quantitative estimate of drug-likeness (QED) is 0.771. The molecule has 1 aromatic carbocycles. The van der Waals surface area contributed by atoms with Gasteiger partial charge in [0.1, 0.15) is 5.82 Å². The maximum atomic E-state index is 13.2. The average molecular weight is 365 g/mol. The molecule has 7 heteroatoms. The van der Waals surface area contributed by atoms with Crippen LogP contribution in [0.15, 0.2) is 37.4 Å². The maximum absolute atomic E-state index is 13.2. The highest BCUT2D eigenvalue weighted by Gasteiger charge is 2.21. The summed E-state index contributed by atoms with van der Waals surface area (Å²) in [5, 5.41) is 0. The predicted molar refractivity (Wildman–Crippen MR) is 101 cm³/mol. The van der Waals surface area contributed by atoms with Gasteiger partial charge in [-0.15, -0.1) is 13.2 Å². The maximum Gasteiger partial charge on any atom is 0.239 e. The third-order valence-corrected chi connectivity index (χ3v) is 4.77. The Morgan fingerprint density at radius 2 is 1.64 bits per heavy atom. The summed E-state index contributed by atoms with van der Waals surface area (Å²) >= 11 is 0. The van der Waals surface area contributed by atoms with Crippen molar-refractivity contribution < 1.29 is 12.8 Å². The van der Waals surface area contributed by atoms with Gasteiger partial charge >= 0.3 is 0 Å². The van der Waals surface area contributed by atoms with Gasteiger partial charge in [-0.3, -0.25) is 0 Å². The molecule has 25 heavy (non-hydrogen) atoms. The Balaban J connectivity index is 0.00000151. The van der Waals surface area contributed by atoms with Crippen LogP contribution in [-0.4, -0.2) is 31.7 Å². The van der Waals surface area contributed by atoms with Crippen molar-refractivity contribution in [1.29, 1.82) is 0 Å². The molecule has 0 fully saturated rings. The number of halogens is 1. The fourth-order valence-electron chi connectivity index (χ4n) is 2.26. The number of sulfonamides is 1. The van der Waals surface area contributed by atoms with Crippen LogP contribution in [-0.2, 0) is 10.0 Å². The van der Waals surface area contributed by atoms with E-state index in [0.29, 0.717) is 5.69 Å². The van der Waals surface area contributed by atoms with E-state index in [-0.39, 0.29) is 17.7 Å². The number of rotatable bonds is 4. The Labute approximate surface area is 149 Å². The van der Waals surface area contributed by atoms with Crippen LogP contribution in [0.2, 0.25) is 0 Å².